The maximum atomic E-state index is 6.41. The number of hydrogen-bond acceptors (Lipinski definition) is 4. The van der Waals surface area contributed by atoms with Crippen LogP contribution >= 0.6 is 0 Å². The Hall–Kier alpha value is -14.6. The maximum Gasteiger partial charge on any atom is 0.143 e. The van der Waals surface area contributed by atoms with Crippen molar-refractivity contribution >= 4 is 153 Å². The smallest absolute Gasteiger partial charge is 0.143 e. The third-order valence-corrected chi connectivity index (χ3v) is 22.3. The lowest BCUT2D eigenvalue weighted by Gasteiger charge is -2.26. The van der Waals surface area contributed by atoms with Gasteiger partial charge in [-0.3, -0.25) is 0 Å². The quantitative estimate of drug-likeness (QED) is 0.121. The highest BCUT2D eigenvalue weighted by Crippen LogP contribution is 2.45. The topological polar surface area (TPSA) is 32.8 Å². The standard InChI is InChI=1S/C54H35NO.C52H33NO/c1-3-12-46-37(9-1)11-7-15-48(46)39-23-30-44(31-24-39)55(45-32-25-40(26-33-45)50-16-8-17-52-51-14-5-6-18-53(51)56-54(50)52)43-28-21-36(22-29-43)41-27-34-49-42(35-41)20-19-38-10-2-4-13-47(38)49;1-3-10-44-35(8-1)16-18-39-32-38(24-30-46(39)44)34-20-25-41(26-21-34)53(43-29-31-47-40(33-43)19-17-36-9-2-4-11-45(36)47)42-27-22-37(23-28-42)48-13-7-14-50-49-12-5-6-15-51(49)54-52(48)50/h1-35H;1-33H. The first-order chi connectivity index (χ1) is 54.5. The highest BCUT2D eigenvalue weighted by Gasteiger charge is 2.21. The summed E-state index contributed by atoms with van der Waals surface area (Å²) in [6, 6.07) is 149. The second-order valence-corrected chi connectivity index (χ2v) is 28.6. The Morgan fingerprint density at radius 2 is 0.409 bits per heavy atom. The lowest BCUT2D eigenvalue weighted by atomic mass is 9.97. The average molecular weight is 1400 g/mol. The molecule has 0 aliphatic carbocycles. The van der Waals surface area contributed by atoms with E-state index >= 15 is 0 Å². The lowest BCUT2D eigenvalue weighted by Crippen LogP contribution is -2.09. The zero-order valence-electron chi connectivity index (χ0n) is 60.0. The van der Waals surface area contributed by atoms with Crippen molar-refractivity contribution in [3.05, 3.63) is 413 Å². The van der Waals surface area contributed by atoms with Crippen LogP contribution in [0.3, 0.4) is 0 Å². The molecule has 22 rings (SSSR count). The normalized spacial score (nSPS) is 11.6. The first-order valence-corrected chi connectivity index (χ1v) is 37.7. The summed E-state index contributed by atoms with van der Waals surface area (Å²) >= 11 is 0. The summed E-state index contributed by atoms with van der Waals surface area (Å²) in [5.74, 6) is 0. The summed E-state index contributed by atoms with van der Waals surface area (Å²) in [7, 11) is 0. The monoisotopic (exact) mass is 1400 g/mol. The molecule has 2 aromatic heterocycles. The molecular weight excluding hydrogens is 1330 g/mol. The summed E-state index contributed by atoms with van der Waals surface area (Å²) in [6.45, 7) is 0. The van der Waals surface area contributed by atoms with E-state index in [4.69, 9.17) is 8.83 Å². The van der Waals surface area contributed by atoms with Gasteiger partial charge in [0.15, 0.2) is 0 Å². The Morgan fingerprint density at radius 3 is 0.836 bits per heavy atom. The van der Waals surface area contributed by atoms with Crippen LogP contribution in [0.25, 0.3) is 175 Å². The third-order valence-electron chi connectivity index (χ3n) is 22.3. The molecule has 0 radical (unpaired) electrons. The van der Waals surface area contributed by atoms with Crippen LogP contribution in [-0.2, 0) is 0 Å². The van der Waals surface area contributed by atoms with Crippen molar-refractivity contribution in [1.29, 1.82) is 0 Å². The van der Waals surface area contributed by atoms with Gasteiger partial charge in [0.2, 0.25) is 0 Å². The van der Waals surface area contributed by atoms with E-state index < -0.39 is 0 Å². The van der Waals surface area contributed by atoms with Gasteiger partial charge < -0.3 is 18.6 Å². The molecule has 0 spiro atoms. The van der Waals surface area contributed by atoms with Gasteiger partial charge in [-0.15, -0.1) is 0 Å². The zero-order chi connectivity index (χ0) is 72.6. The van der Waals surface area contributed by atoms with E-state index in [0.29, 0.717) is 0 Å². The molecule has 4 heteroatoms. The molecule has 0 atom stereocenters. The molecule has 2 heterocycles. The fraction of sp³-hybridized carbons (Fsp3) is 0. The predicted octanol–water partition coefficient (Wildman–Crippen LogP) is 30.5. The largest absolute Gasteiger partial charge is 0.455 e. The SMILES string of the molecule is c1ccc2c(-c3ccc(N(c4ccc(-c5ccc6c(ccc7ccccc76)c5)cc4)c4ccc(-c5cccc6c5oc5ccccc56)cc4)cc3)cccc2c1.c1ccc2c(c1)ccc1cc(-c3ccc(N(c4ccc(-c5cccc6c5oc5ccccc56)cc4)c4ccc5c(ccc6ccccc65)c4)cc3)ccc12. The Kier molecular flexibility index (Phi) is 15.5. The Bertz CT molecular complexity index is 7310. The van der Waals surface area contributed by atoms with Crippen LogP contribution in [0.4, 0.5) is 34.1 Å². The first kappa shape index (κ1) is 63.9. The second kappa shape index (κ2) is 26.8. The molecule has 0 aliphatic heterocycles. The van der Waals surface area contributed by atoms with Crippen LogP contribution in [-0.4, -0.2) is 0 Å². The van der Waals surface area contributed by atoms with Gasteiger partial charge in [0, 0.05) is 66.8 Å². The Balaban J connectivity index is 0.000000140. The number of para-hydroxylation sites is 4. The van der Waals surface area contributed by atoms with Gasteiger partial charge >= 0.3 is 0 Å². The van der Waals surface area contributed by atoms with Crippen molar-refractivity contribution in [2.75, 3.05) is 9.80 Å². The van der Waals surface area contributed by atoms with Crippen molar-refractivity contribution in [2.24, 2.45) is 0 Å². The number of benzene rings is 20. The molecule has 0 unspecified atom stereocenters. The minimum atomic E-state index is 0.908. The second-order valence-electron chi connectivity index (χ2n) is 28.6. The molecule has 22 aromatic rings. The molecule has 20 aromatic carbocycles. The van der Waals surface area contributed by atoms with E-state index in [0.717, 1.165) is 100 Å². The summed E-state index contributed by atoms with van der Waals surface area (Å²) in [5, 5.41) is 22.2. The van der Waals surface area contributed by atoms with Crippen LogP contribution in [0.2, 0.25) is 0 Å². The minimum Gasteiger partial charge on any atom is -0.455 e. The number of hydrogen-bond donors (Lipinski definition) is 0. The molecule has 0 saturated carbocycles. The van der Waals surface area contributed by atoms with Crippen molar-refractivity contribution < 1.29 is 8.83 Å². The number of fused-ring (bicyclic) bond motifs is 16. The van der Waals surface area contributed by atoms with Crippen molar-refractivity contribution in [3.8, 4) is 55.6 Å². The summed E-state index contributed by atoms with van der Waals surface area (Å²) in [5.41, 5.74) is 21.8. The predicted molar refractivity (Wildman–Crippen MR) is 467 cm³/mol. The fourth-order valence-electron chi connectivity index (χ4n) is 16.8. The zero-order valence-corrected chi connectivity index (χ0v) is 60.0. The van der Waals surface area contributed by atoms with E-state index in [2.05, 4.69) is 398 Å². The summed E-state index contributed by atoms with van der Waals surface area (Å²) < 4.78 is 12.8. The van der Waals surface area contributed by atoms with Crippen molar-refractivity contribution in [1.82, 2.24) is 0 Å². The van der Waals surface area contributed by atoms with E-state index in [1.54, 1.807) is 0 Å². The molecule has 4 nitrogen and oxygen atoms in total. The van der Waals surface area contributed by atoms with Gasteiger partial charge in [-0.05, 0) is 217 Å². The van der Waals surface area contributed by atoms with Crippen LogP contribution in [0.5, 0.6) is 0 Å². The van der Waals surface area contributed by atoms with Crippen molar-refractivity contribution in [2.45, 2.75) is 0 Å². The Labute approximate surface area is 636 Å². The highest BCUT2D eigenvalue weighted by molar-refractivity contribution is 6.14. The molecular formula is C106H68N2O2. The summed E-state index contributed by atoms with van der Waals surface area (Å²) in [6.07, 6.45) is 0. The van der Waals surface area contributed by atoms with Gasteiger partial charge in [-0.2, -0.15) is 0 Å². The molecule has 514 valence electrons. The van der Waals surface area contributed by atoms with E-state index in [9.17, 15) is 0 Å². The molecule has 0 bridgehead atoms. The van der Waals surface area contributed by atoms with Gasteiger partial charge in [-0.1, -0.05) is 315 Å². The third kappa shape index (κ3) is 11.3. The minimum absolute atomic E-state index is 0.908. The fourth-order valence-corrected chi connectivity index (χ4v) is 16.8. The van der Waals surface area contributed by atoms with Crippen LogP contribution < -0.4 is 9.80 Å². The molecule has 0 fully saturated rings. The molecule has 0 amide bonds. The number of nitrogens with zero attached hydrogens (tertiary/aromatic N) is 2. The molecule has 0 N–H and O–H groups in total. The van der Waals surface area contributed by atoms with E-state index in [1.165, 1.54) is 109 Å². The number of anilines is 6. The number of rotatable bonds is 11. The first-order valence-electron chi connectivity index (χ1n) is 37.7. The van der Waals surface area contributed by atoms with Gasteiger partial charge in [0.25, 0.3) is 0 Å². The number of furan rings is 2. The van der Waals surface area contributed by atoms with Gasteiger partial charge in [0.1, 0.15) is 22.3 Å². The summed E-state index contributed by atoms with van der Waals surface area (Å²) in [4.78, 5) is 4.70. The highest BCUT2D eigenvalue weighted by atomic mass is 16.3. The Morgan fingerprint density at radius 1 is 0.145 bits per heavy atom. The van der Waals surface area contributed by atoms with Crippen LogP contribution in [0.1, 0.15) is 0 Å². The maximum absolute atomic E-state index is 6.41. The van der Waals surface area contributed by atoms with Gasteiger partial charge in [0.05, 0.1) is 0 Å². The average Bonchev–Trinajstić information content (AvgIpc) is 1.66. The van der Waals surface area contributed by atoms with E-state index in [-0.39, 0.29) is 0 Å². The molecule has 110 heavy (non-hydrogen) atoms. The lowest BCUT2D eigenvalue weighted by molar-refractivity contribution is 0.669. The van der Waals surface area contributed by atoms with Crippen LogP contribution in [0.15, 0.2) is 421 Å². The molecule has 0 aliphatic rings. The van der Waals surface area contributed by atoms with Gasteiger partial charge in [-0.25, -0.2) is 0 Å². The van der Waals surface area contributed by atoms with Crippen LogP contribution in [0, 0.1) is 0 Å². The molecule has 0 saturated heterocycles. The van der Waals surface area contributed by atoms with Crippen molar-refractivity contribution in [3.63, 3.8) is 0 Å². The van der Waals surface area contributed by atoms with E-state index in [1.807, 2.05) is 24.3 Å².